The lowest BCUT2D eigenvalue weighted by molar-refractivity contribution is -0.141. The first-order valence-electron chi connectivity index (χ1n) is 13.3. The third kappa shape index (κ3) is 8.65. The van der Waals surface area contributed by atoms with Gasteiger partial charge in [-0.15, -0.1) is 0 Å². The topological polar surface area (TPSA) is 97.0 Å². The first-order valence-corrected chi connectivity index (χ1v) is 14.6. The summed E-state index contributed by atoms with van der Waals surface area (Å²) < 4.78 is 10.7. The molecule has 0 spiro atoms. The summed E-state index contributed by atoms with van der Waals surface area (Å²) in [7, 11) is 1.58. The average Bonchev–Trinajstić information content (AvgIpc) is 3.60. The van der Waals surface area contributed by atoms with Gasteiger partial charge in [-0.1, -0.05) is 36.8 Å². The second-order valence-electron chi connectivity index (χ2n) is 11.0. The number of carbonyl (C=O) groups is 3. The highest BCUT2D eigenvalue weighted by molar-refractivity contribution is 7.98. The molecule has 0 saturated heterocycles. The zero-order valence-corrected chi connectivity index (χ0v) is 24.8. The van der Waals surface area contributed by atoms with Gasteiger partial charge in [-0.05, 0) is 88.3 Å². The summed E-state index contributed by atoms with van der Waals surface area (Å²) in [5.74, 6) is 0.958. The molecular formula is C30H41N3O5S. The number of anilines is 1. The lowest BCUT2D eigenvalue weighted by Gasteiger charge is -2.35. The van der Waals surface area contributed by atoms with E-state index in [0.29, 0.717) is 29.2 Å². The van der Waals surface area contributed by atoms with Gasteiger partial charge in [-0.3, -0.25) is 9.59 Å². The summed E-state index contributed by atoms with van der Waals surface area (Å²) in [4.78, 5) is 42.6. The number of carbonyl (C=O) groups excluding carboxylic acids is 3. The Morgan fingerprint density at radius 2 is 1.69 bits per heavy atom. The highest BCUT2D eigenvalue weighted by Crippen LogP contribution is 2.41. The van der Waals surface area contributed by atoms with Crippen molar-refractivity contribution >= 4 is 35.4 Å². The number of alkyl carbamates (subject to hydrolysis) is 1. The molecule has 1 aliphatic carbocycles. The Labute approximate surface area is 236 Å². The summed E-state index contributed by atoms with van der Waals surface area (Å²) in [6.07, 6.45) is 2.50. The van der Waals surface area contributed by atoms with Gasteiger partial charge in [0.25, 0.3) is 5.91 Å². The molecule has 1 saturated carbocycles. The molecule has 1 aliphatic rings. The van der Waals surface area contributed by atoms with E-state index in [1.165, 1.54) is 0 Å². The number of rotatable bonds is 11. The van der Waals surface area contributed by atoms with Crippen LogP contribution in [0, 0.1) is 12.8 Å². The van der Waals surface area contributed by atoms with Gasteiger partial charge in [0.1, 0.15) is 23.4 Å². The summed E-state index contributed by atoms with van der Waals surface area (Å²) >= 11 is 1.59. The molecule has 1 fully saturated rings. The van der Waals surface area contributed by atoms with Crippen LogP contribution in [-0.2, 0) is 14.3 Å². The quantitative estimate of drug-likeness (QED) is 0.377. The van der Waals surface area contributed by atoms with Gasteiger partial charge in [0.15, 0.2) is 0 Å². The zero-order valence-electron chi connectivity index (χ0n) is 23.9. The maximum Gasteiger partial charge on any atom is 0.408 e. The van der Waals surface area contributed by atoms with Crippen LogP contribution < -0.4 is 15.4 Å². The predicted octanol–water partition coefficient (Wildman–Crippen LogP) is 5.57. The monoisotopic (exact) mass is 555 g/mol. The van der Waals surface area contributed by atoms with Crippen LogP contribution in [0.25, 0.3) is 0 Å². The van der Waals surface area contributed by atoms with Gasteiger partial charge in [0.05, 0.1) is 7.11 Å². The van der Waals surface area contributed by atoms with Crippen molar-refractivity contribution in [1.29, 1.82) is 0 Å². The normalized spacial score (nSPS) is 17.9. The fourth-order valence-corrected chi connectivity index (χ4v) is 4.84. The van der Waals surface area contributed by atoms with Gasteiger partial charge in [-0.25, -0.2) is 4.79 Å². The largest absolute Gasteiger partial charge is 0.497 e. The number of aryl methyl sites for hydroxylation is 1. The smallest absolute Gasteiger partial charge is 0.408 e. The minimum Gasteiger partial charge on any atom is -0.497 e. The van der Waals surface area contributed by atoms with Gasteiger partial charge in [0, 0.05) is 11.7 Å². The van der Waals surface area contributed by atoms with Gasteiger partial charge < -0.3 is 25.0 Å². The summed E-state index contributed by atoms with van der Waals surface area (Å²) in [6, 6.07) is 12.9. The standard InChI is InChI=1S/C30H41N3O5S/c1-19-8-10-21(11-9-19)26(27(34)31-22-12-14-23(37-6)15-13-22)33(25-18-20(25)2)28(35)24(16-17-39-7)32-29(36)38-30(3,4)5/h8-15,20,24-26H,16-18H2,1-7H3,(H,31,34)(H,32,36). The number of methoxy groups -OCH3 is 1. The summed E-state index contributed by atoms with van der Waals surface area (Å²) in [5, 5.41) is 5.78. The molecule has 4 atom stereocenters. The molecule has 2 N–H and O–H groups in total. The number of ether oxygens (including phenoxy) is 2. The number of nitrogens with one attached hydrogen (secondary N) is 2. The second-order valence-corrected chi connectivity index (χ2v) is 12.0. The molecule has 3 amide bonds. The number of benzene rings is 2. The minimum atomic E-state index is -0.882. The van der Waals surface area contributed by atoms with Crippen molar-refractivity contribution in [2.75, 3.05) is 24.4 Å². The number of amides is 3. The highest BCUT2D eigenvalue weighted by Gasteiger charge is 2.48. The van der Waals surface area contributed by atoms with Crippen molar-refractivity contribution in [3.05, 3.63) is 59.7 Å². The van der Waals surface area contributed by atoms with Crippen LogP contribution in [0.4, 0.5) is 10.5 Å². The van der Waals surface area contributed by atoms with E-state index < -0.39 is 23.8 Å². The van der Waals surface area contributed by atoms with E-state index in [1.54, 1.807) is 68.8 Å². The molecule has 2 aromatic rings. The van der Waals surface area contributed by atoms with Crippen molar-refractivity contribution < 1.29 is 23.9 Å². The Balaban J connectivity index is 1.98. The Morgan fingerprint density at radius 3 is 2.21 bits per heavy atom. The van der Waals surface area contributed by atoms with Crippen molar-refractivity contribution in [1.82, 2.24) is 10.2 Å². The van der Waals surface area contributed by atoms with E-state index in [9.17, 15) is 14.4 Å². The fraction of sp³-hybridized carbons (Fsp3) is 0.500. The Hall–Kier alpha value is -3.20. The lowest BCUT2D eigenvalue weighted by Crippen LogP contribution is -2.53. The fourth-order valence-electron chi connectivity index (χ4n) is 4.37. The first kappa shape index (κ1) is 30.3. The molecule has 0 aromatic heterocycles. The van der Waals surface area contributed by atoms with Gasteiger partial charge >= 0.3 is 6.09 Å². The molecule has 0 bridgehead atoms. The number of hydrogen-bond donors (Lipinski definition) is 2. The van der Waals surface area contributed by atoms with E-state index in [-0.39, 0.29) is 23.8 Å². The molecule has 212 valence electrons. The molecule has 9 heteroatoms. The lowest BCUT2D eigenvalue weighted by atomic mass is 10.0. The van der Waals surface area contributed by atoms with Gasteiger partial charge in [-0.2, -0.15) is 11.8 Å². The molecule has 2 aromatic carbocycles. The Morgan fingerprint density at radius 1 is 1.08 bits per heavy atom. The van der Waals surface area contributed by atoms with Crippen LogP contribution in [0.1, 0.15) is 57.7 Å². The van der Waals surface area contributed by atoms with Crippen LogP contribution in [0.15, 0.2) is 48.5 Å². The molecule has 0 radical (unpaired) electrons. The Kier molecular flexibility index (Phi) is 10.3. The van der Waals surface area contributed by atoms with E-state index in [1.807, 2.05) is 37.4 Å². The van der Waals surface area contributed by atoms with Gasteiger partial charge in [0.2, 0.25) is 5.91 Å². The average molecular weight is 556 g/mol. The number of hydrogen-bond acceptors (Lipinski definition) is 6. The van der Waals surface area contributed by atoms with Crippen molar-refractivity contribution in [3.63, 3.8) is 0 Å². The third-order valence-corrected chi connectivity index (χ3v) is 7.20. The minimum absolute atomic E-state index is 0.123. The molecule has 39 heavy (non-hydrogen) atoms. The van der Waals surface area contributed by atoms with E-state index >= 15 is 0 Å². The number of nitrogens with zero attached hydrogens (tertiary/aromatic N) is 1. The first-order chi connectivity index (χ1) is 18.4. The molecule has 0 aliphatic heterocycles. The second kappa shape index (κ2) is 13.2. The van der Waals surface area contributed by atoms with Crippen LogP contribution in [0.2, 0.25) is 0 Å². The van der Waals surface area contributed by atoms with E-state index in [2.05, 4.69) is 17.6 Å². The molecule has 8 nitrogen and oxygen atoms in total. The van der Waals surface area contributed by atoms with Crippen molar-refractivity contribution in [2.24, 2.45) is 5.92 Å². The maximum atomic E-state index is 14.2. The molecule has 4 unspecified atom stereocenters. The molecule has 0 heterocycles. The summed E-state index contributed by atoms with van der Waals surface area (Å²) in [6.45, 7) is 9.38. The Bertz CT molecular complexity index is 1130. The molecular weight excluding hydrogens is 514 g/mol. The molecule has 3 rings (SSSR count). The van der Waals surface area contributed by atoms with E-state index in [0.717, 1.165) is 12.0 Å². The third-order valence-electron chi connectivity index (χ3n) is 6.56. The van der Waals surface area contributed by atoms with Crippen LogP contribution in [-0.4, -0.2) is 59.6 Å². The predicted molar refractivity (Wildman–Crippen MR) is 156 cm³/mol. The maximum absolute atomic E-state index is 14.2. The number of thioether (sulfide) groups is 1. The zero-order chi connectivity index (χ0) is 28.7. The van der Waals surface area contributed by atoms with E-state index in [4.69, 9.17) is 9.47 Å². The van der Waals surface area contributed by atoms with Crippen molar-refractivity contribution in [3.8, 4) is 5.75 Å². The van der Waals surface area contributed by atoms with Crippen LogP contribution >= 0.6 is 11.8 Å². The summed E-state index contributed by atoms with van der Waals surface area (Å²) in [5.41, 5.74) is 1.65. The van der Waals surface area contributed by atoms with Crippen LogP contribution in [0.3, 0.4) is 0 Å². The van der Waals surface area contributed by atoms with Crippen LogP contribution in [0.5, 0.6) is 5.75 Å². The highest BCUT2D eigenvalue weighted by atomic mass is 32.2. The van der Waals surface area contributed by atoms with Crippen molar-refractivity contribution in [2.45, 2.75) is 71.2 Å². The SMILES string of the molecule is COc1ccc(NC(=O)C(c2ccc(C)cc2)N(C(=O)C(CCSC)NC(=O)OC(C)(C)C)C2CC2C)cc1.